The second-order valence-electron chi connectivity index (χ2n) is 9.31. The fraction of sp³-hybridized carbons (Fsp3) is 0.682. The molecule has 0 radical (unpaired) electrons. The summed E-state index contributed by atoms with van der Waals surface area (Å²) < 4.78 is 9.01. The molecule has 0 saturated heterocycles. The number of nitro benzene ring substituents is 1. The molecule has 0 aliphatic heterocycles. The van der Waals surface area contributed by atoms with Crippen LogP contribution in [0.4, 0.5) is 5.69 Å². The molecule has 0 unspecified atom stereocenters. The Morgan fingerprint density at radius 3 is 1.50 bits per heavy atom. The molecule has 0 aromatic heterocycles. The van der Waals surface area contributed by atoms with Gasteiger partial charge in [-0.1, -0.05) is 45.4 Å². The van der Waals surface area contributed by atoms with E-state index >= 15 is 0 Å². The molecule has 8 heteroatoms. The Labute approximate surface area is 192 Å². The van der Waals surface area contributed by atoms with E-state index in [2.05, 4.69) is 59.2 Å². The first-order chi connectivity index (χ1) is 13.1. The van der Waals surface area contributed by atoms with Crippen LogP contribution < -0.4 is 0 Å². The van der Waals surface area contributed by atoms with Crippen molar-refractivity contribution in [2.45, 2.75) is 98.6 Å². The van der Waals surface area contributed by atoms with Crippen LogP contribution in [0.3, 0.4) is 0 Å². The van der Waals surface area contributed by atoms with E-state index in [0.717, 1.165) is 5.56 Å². The zero-order chi connectivity index (χ0) is 22.8. The van der Waals surface area contributed by atoms with Crippen molar-refractivity contribution < 1.29 is 23.1 Å². The van der Waals surface area contributed by atoms with Crippen LogP contribution in [0.5, 0.6) is 0 Å². The van der Waals surface area contributed by atoms with Crippen LogP contribution in [0.25, 0.3) is 10.6 Å². The summed E-state index contributed by atoms with van der Waals surface area (Å²) in [5, 5.41) is 19.6. The molecule has 0 aliphatic carbocycles. The van der Waals surface area contributed by atoms with E-state index in [1.165, 1.54) is 12.1 Å². The quantitative estimate of drug-likeness (QED) is 0.173. The topological polar surface area (TPSA) is 96.1 Å². The summed E-state index contributed by atoms with van der Waals surface area (Å²) in [7, 11) is 0. The minimum Gasteiger partial charge on any atom is -0.672 e. The summed E-state index contributed by atoms with van der Waals surface area (Å²) in [5.74, 6) is 0. The van der Waals surface area contributed by atoms with Gasteiger partial charge in [0.1, 0.15) is 0 Å². The molecule has 0 spiro atoms. The van der Waals surface area contributed by atoms with Crippen LogP contribution >= 0.6 is 0 Å². The smallest absolute Gasteiger partial charge is 0.269 e. The van der Waals surface area contributed by atoms with Crippen molar-refractivity contribution in [2.24, 2.45) is 6.99 Å². The van der Waals surface area contributed by atoms with Crippen LogP contribution in [-0.4, -0.2) is 28.1 Å². The van der Waals surface area contributed by atoms with E-state index in [9.17, 15) is 10.1 Å². The van der Waals surface area contributed by atoms with Gasteiger partial charge in [-0.25, -0.2) is 6.17 Å². The number of hydrogen-bond donors (Lipinski definition) is 0. The first-order valence-electron chi connectivity index (χ1n) is 9.85. The van der Waals surface area contributed by atoms with Gasteiger partial charge in [0.2, 0.25) is 0 Å². The van der Waals surface area contributed by atoms with Crippen LogP contribution in [0.1, 0.15) is 81.0 Å². The maximum atomic E-state index is 10.6. The SMILES string of the molecule is CC(C)(C)[N]=[Mo]=[N]C(C)(C)C.CC(C)[N-]C([N-]C(C)C)c1ccc([N+](=O)[O-])cc1.[CH3-]. The van der Waals surface area contributed by atoms with Crippen molar-refractivity contribution in [3.05, 3.63) is 58.0 Å². The zero-order valence-electron chi connectivity index (χ0n) is 20.5. The Kier molecular flexibility index (Phi) is 14.5. The van der Waals surface area contributed by atoms with Gasteiger partial charge in [-0.3, -0.25) is 10.1 Å². The molecule has 0 aliphatic rings. The number of nitro groups is 1. The van der Waals surface area contributed by atoms with E-state index in [1.54, 1.807) is 12.1 Å². The number of nitrogens with zero attached hydrogens (tertiary/aromatic N) is 5. The summed E-state index contributed by atoms with van der Waals surface area (Å²) >= 11 is -0.473. The molecule has 0 atom stereocenters. The summed E-state index contributed by atoms with van der Waals surface area (Å²) in [6, 6.07) is 6.78. The van der Waals surface area contributed by atoms with Gasteiger partial charge in [-0.15, -0.1) is 12.1 Å². The van der Waals surface area contributed by atoms with Gasteiger partial charge >= 0.3 is 77.8 Å². The average Bonchev–Trinajstić information content (AvgIpc) is 2.51. The molecule has 0 fully saturated rings. The maximum Gasteiger partial charge on any atom is 0.269 e. The Morgan fingerprint density at radius 1 is 0.867 bits per heavy atom. The van der Waals surface area contributed by atoms with E-state index in [0.29, 0.717) is 0 Å². The first kappa shape index (κ1) is 31.0. The van der Waals surface area contributed by atoms with Gasteiger partial charge in [-0.2, -0.15) is 0 Å². The Bertz CT molecular complexity index is 655. The van der Waals surface area contributed by atoms with Crippen molar-refractivity contribution in [1.29, 1.82) is 0 Å². The normalized spacial score (nSPS) is 11.5. The number of rotatable bonds is 6. The van der Waals surface area contributed by atoms with Crippen molar-refractivity contribution in [3.8, 4) is 0 Å². The monoisotopic (exact) mass is 504 g/mol. The maximum absolute atomic E-state index is 10.6. The number of hydrogen-bond acceptors (Lipinski definition) is 4. The van der Waals surface area contributed by atoms with Crippen LogP contribution in [0.2, 0.25) is 0 Å². The summed E-state index contributed by atoms with van der Waals surface area (Å²) in [5.41, 5.74) is 1.20. The molecule has 1 aromatic rings. The van der Waals surface area contributed by atoms with E-state index in [4.69, 9.17) is 0 Å². The van der Waals surface area contributed by atoms with E-state index in [1.807, 2.05) is 27.7 Å². The van der Waals surface area contributed by atoms with Crippen LogP contribution in [0, 0.1) is 17.5 Å². The predicted octanol–water partition coefficient (Wildman–Crippen LogP) is 7.64. The number of benzene rings is 1. The van der Waals surface area contributed by atoms with Gasteiger partial charge in [-0.05, 0) is 0 Å². The summed E-state index contributed by atoms with van der Waals surface area (Å²) in [6.07, 6.45) is -0.245. The zero-order valence-corrected chi connectivity index (χ0v) is 22.5. The van der Waals surface area contributed by atoms with Gasteiger partial charge in [0.15, 0.2) is 0 Å². The van der Waals surface area contributed by atoms with Crippen molar-refractivity contribution in [3.63, 3.8) is 0 Å². The minimum atomic E-state index is -0.473. The van der Waals surface area contributed by atoms with Crippen molar-refractivity contribution in [2.75, 3.05) is 0 Å². The van der Waals surface area contributed by atoms with Gasteiger partial charge in [0.05, 0.1) is 4.92 Å². The van der Waals surface area contributed by atoms with Gasteiger partial charge < -0.3 is 18.1 Å². The molecular formula is C22H40MoN5O2-3. The van der Waals surface area contributed by atoms with Crippen LogP contribution in [0.15, 0.2) is 31.3 Å². The van der Waals surface area contributed by atoms with Crippen molar-refractivity contribution in [1.82, 2.24) is 0 Å². The predicted molar refractivity (Wildman–Crippen MR) is 124 cm³/mol. The molecule has 0 bridgehead atoms. The third-order valence-electron chi connectivity index (χ3n) is 2.91. The molecule has 0 amide bonds. The fourth-order valence-electron chi connectivity index (χ4n) is 1.81. The standard InChI is InChI=1S/C13H19N3O2.2C4H9N.CH3.Mo/c1-9(2)14-13(15-10(3)4)11-5-7-12(8-6-11)16(17)18;2*1-4(2,3)5;;/h5-10,13H,1-4H3;2*1-3H3;1H3;/q-2;;;-1;. The third kappa shape index (κ3) is 16.6. The first-order valence-corrected chi connectivity index (χ1v) is 11.6. The molecule has 0 saturated carbocycles. The van der Waals surface area contributed by atoms with Crippen LogP contribution in [-0.2, 0) is 18.2 Å². The van der Waals surface area contributed by atoms with Gasteiger partial charge in [0.25, 0.3) is 5.69 Å². The molecule has 30 heavy (non-hydrogen) atoms. The molecule has 7 nitrogen and oxygen atoms in total. The Morgan fingerprint density at radius 2 is 1.23 bits per heavy atom. The summed E-state index contributed by atoms with van der Waals surface area (Å²) in [4.78, 5) is 10.2. The Balaban J connectivity index is 0. The molecular weight excluding hydrogens is 462 g/mol. The summed E-state index contributed by atoms with van der Waals surface area (Å²) in [6.45, 7) is 20.7. The fourth-order valence-corrected chi connectivity index (χ4v) is 3.11. The minimum absolute atomic E-state index is 0. The number of non-ortho nitro benzene ring substituents is 1. The average molecular weight is 503 g/mol. The Hall–Kier alpha value is -1.17. The molecule has 0 N–H and O–H groups in total. The second kappa shape index (κ2) is 14.0. The van der Waals surface area contributed by atoms with Gasteiger partial charge in [0, 0.05) is 12.1 Å². The second-order valence-corrected chi connectivity index (χ2v) is 10.6. The van der Waals surface area contributed by atoms with E-state index in [-0.39, 0.29) is 42.4 Å². The van der Waals surface area contributed by atoms with Crippen molar-refractivity contribution >= 4 is 5.69 Å². The third-order valence-corrected chi connectivity index (χ3v) is 6.00. The molecule has 0 heterocycles. The largest absolute Gasteiger partial charge is 0.672 e. The molecule has 1 rings (SSSR count). The molecule has 1 aromatic carbocycles. The molecule has 174 valence electrons. The van der Waals surface area contributed by atoms with E-state index < -0.39 is 23.1 Å².